The van der Waals surface area contributed by atoms with Crippen LogP contribution in [0.3, 0.4) is 0 Å². The van der Waals surface area contributed by atoms with Gasteiger partial charge in [0.25, 0.3) is 0 Å². The molecule has 2 aliphatic rings. The third-order valence-electron chi connectivity index (χ3n) is 6.11. The first-order valence-corrected chi connectivity index (χ1v) is 10.8. The Bertz CT molecular complexity index is 997. The van der Waals surface area contributed by atoms with E-state index in [4.69, 9.17) is 4.52 Å². The van der Waals surface area contributed by atoms with Crippen molar-refractivity contribution in [3.05, 3.63) is 41.4 Å². The van der Waals surface area contributed by atoms with Crippen LogP contribution in [0.15, 0.2) is 34.3 Å². The molecular formula is C20H23N5O3S. The third kappa shape index (κ3) is 3.28. The van der Waals surface area contributed by atoms with Gasteiger partial charge in [-0.25, -0.2) is 0 Å². The fraction of sp³-hybridized carbons (Fsp3) is 0.500. The fourth-order valence-electron chi connectivity index (χ4n) is 4.88. The molecular weight excluding hydrogens is 390 g/mol. The molecule has 2 aliphatic heterocycles. The maximum absolute atomic E-state index is 13.0. The highest BCUT2D eigenvalue weighted by molar-refractivity contribution is 7.13. The van der Waals surface area contributed by atoms with Crippen LogP contribution in [0, 0.1) is 0 Å². The van der Waals surface area contributed by atoms with Crippen LogP contribution in [0.4, 0.5) is 0 Å². The maximum atomic E-state index is 13.0. The molecule has 2 atom stereocenters. The number of fused-ring (bicyclic) bond motifs is 2. The van der Waals surface area contributed by atoms with Crippen molar-refractivity contribution >= 4 is 17.2 Å². The first-order chi connectivity index (χ1) is 14.0. The van der Waals surface area contributed by atoms with Gasteiger partial charge in [-0.05, 0) is 30.4 Å². The van der Waals surface area contributed by atoms with Gasteiger partial charge in [0.05, 0.1) is 10.6 Å². The smallest absolute Gasteiger partial charge is 0.227 e. The zero-order chi connectivity index (χ0) is 20.0. The van der Waals surface area contributed by atoms with Crippen LogP contribution < -0.4 is 0 Å². The largest absolute Gasteiger partial charge is 0.383 e. The number of nitrogens with zero attached hydrogens (tertiary/aromatic N) is 5. The van der Waals surface area contributed by atoms with Crippen LogP contribution in [-0.2, 0) is 23.9 Å². The molecule has 2 saturated heterocycles. The second-order valence-electron chi connectivity index (χ2n) is 7.95. The predicted molar refractivity (Wildman–Crippen MR) is 106 cm³/mol. The zero-order valence-electron chi connectivity index (χ0n) is 16.2. The Morgan fingerprint density at radius 1 is 1.34 bits per heavy atom. The number of rotatable bonds is 5. The molecule has 0 aliphatic carbocycles. The molecule has 0 radical (unpaired) electrons. The molecule has 0 spiro atoms. The average Bonchev–Trinajstić information content (AvgIpc) is 3.47. The molecule has 3 aromatic rings. The lowest BCUT2D eigenvalue weighted by molar-refractivity contribution is -0.142. The van der Waals surface area contributed by atoms with Gasteiger partial charge in [0, 0.05) is 51.0 Å². The van der Waals surface area contributed by atoms with Crippen molar-refractivity contribution in [2.24, 2.45) is 7.05 Å². The second-order valence-corrected chi connectivity index (χ2v) is 8.90. The Labute approximate surface area is 172 Å². The van der Waals surface area contributed by atoms with Gasteiger partial charge in [0.2, 0.25) is 17.6 Å². The van der Waals surface area contributed by atoms with Crippen molar-refractivity contribution in [1.82, 2.24) is 24.8 Å². The van der Waals surface area contributed by atoms with Gasteiger partial charge >= 0.3 is 0 Å². The number of carbonyl (C=O) groups excluding carboxylic acids is 1. The van der Waals surface area contributed by atoms with E-state index in [1.54, 1.807) is 22.2 Å². The molecule has 0 unspecified atom stereocenters. The second kappa shape index (κ2) is 7.07. The summed E-state index contributed by atoms with van der Waals surface area (Å²) in [5, 5.41) is 21.4. The van der Waals surface area contributed by atoms with Crippen LogP contribution in [0.1, 0.15) is 43.7 Å². The van der Waals surface area contributed by atoms with Crippen molar-refractivity contribution in [3.8, 4) is 10.7 Å². The fourth-order valence-corrected chi connectivity index (χ4v) is 5.53. The number of aromatic nitrogens is 4. The highest BCUT2D eigenvalue weighted by Crippen LogP contribution is 2.45. The van der Waals surface area contributed by atoms with E-state index in [1.165, 1.54) is 0 Å². The van der Waals surface area contributed by atoms with E-state index in [1.807, 2.05) is 35.5 Å². The van der Waals surface area contributed by atoms with Gasteiger partial charge < -0.3 is 14.5 Å². The number of hydrogen-bond acceptors (Lipinski definition) is 7. The van der Waals surface area contributed by atoms with E-state index in [0.717, 1.165) is 23.4 Å². The normalized spacial score (nSPS) is 26.2. The molecule has 2 fully saturated rings. The third-order valence-corrected chi connectivity index (χ3v) is 6.98. The molecule has 8 nitrogen and oxygen atoms in total. The monoisotopic (exact) mass is 413 g/mol. The van der Waals surface area contributed by atoms with Gasteiger partial charge in [-0.15, -0.1) is 11.3 Å². The number of piperidine rings is 1. The molecule has 152 valence electrons. The van der Waals surface area contributed by atoms with E-state index in [9.17, 15) is 9.90 Å². The van der Waals surface area contributed by atoms with Crippen LogP contribution in [0.2, 0.25) is 0 Å². The lowest BCUT2D eigenvalue weighted by Gasteiger charge is -2.43. The maximum Gasteiger partial charge on any atom is 0.227 e. The molecule has 2 bridgehead atoms. The number of aliphatic hydroxyl groups is 1. The van der Waals surface area contributed by atoms with Crippen LogP contribution in [0.5, 0.6) is 0 Å². The Hall–Kier alpha value is -2.52. The molecule has 5 rings (SSSR count). The highest BCUT2D eigenvalue weighted by Gasteiger charge is 2.50. The Kier molecular flexibility index (Phi) is 4.51. The van der Waals surface area contributed by atoms with E-state index >= 15 is 0 Å². The summed E-state index contributed by atoms with van der Waals surface area (Å²) in [5.41, 5.74) is -0.0934. The first-order valence-electron chi connectivity index (χ1n) is 9.92. The van der Waals surface area contributed by atoms with Gasteiger partial charge in [-0.3, -0.25) is 9.48 Å². The number of amides is 1. The SMILES string of the molecule is Cn1nccc1C1(O)C[C@H]2CC[C@H](C1)N2C(=O)CCc1nc(-c2cccs2)no1. The van der Waals surface area contributed by atoms with E-state index in [-0.39, 0.29) is 18.0 Å². The summed E-state index contributed by atoms with van der Waals surface area (Å²) in [5.74, 6) is 1.15. The molecule has 5 heterocycles. The van der Waals surface area contributed by atoms with Crippen LogP contribution in [-0.4, -0.2) is 47.9 Å². The zero-order valence-corrected chi connectivity index (χ0v) is 17.0. The molecule has 1 N–H and O–H groups in total. The number of aryl methyl sites for hydroxylation is 2. The summed E-state index contributed by atoms with van der Waals surface area (Å²) >= 11 is 1.55. The van der Waals surface area contributed by atoms with Crippen molar-refractivity contribution in [1.29, 1.82) is 0 Å². The summed E-state index contributed by atoms with van der Waals surface area (Å²) in [4.78, 5) is 20.3. The van der Waals surface area contributed by atoms with Crippen molar-refractivity contribution in [2.45, 2.75) is 56.2 Å². The lowest BCUT2D eigenvalue weighted by atomic mass is 9.83. The van der Waals surface area contributed by atoms with E-state index in [2.05, 4.69) is 15.2 Å². The molecule has 9 heteroatoms. The first kappa shape index (κ1) is 18.5. The van der Waals surface area contributed by atoms with Gasteiger partial charge in [0.15, 0.2) is 0 Å². The number of carbonyl (C=O) groups is 1. The molecule has 29 heavy (non-hydrogen) atoms. The lowest BCUT2D eigenvalue weighted by Crippen LogP contribution is -2.52. The molecule has 0 aromatic carbocycles. The minimum atomic E-state index is -0.921. The van der Waals surface area contributed by atoms with Crippen molar-refractivity contribution < 1.29 is 14.4 Å². The minimum Gasteiger partial charge on any atom is -0.383 e. The van der Waals surface area contributed by atoms with E-state index in [0.29, 0.717) is 37.4 Å². The standard InChI is InChI=1S/C20H23N5O3S/c1-24-16(8-9-21-24)20(27)11-13-4-5-14(12-20)25(13)18(26)7-6-17-22-19(23-28-17)15-3-2-10-29-15/h2-3,8-10,13-14,27H,4-7,11-12H2,1H3/t13-,14-/m1/s1. The molecule has 3 aromatic heterocycles. The highest BCUT2D eigenvalue weighted by atomic mass is 32.1. The summed E-state index contributed by atoms with van der Waals surface area (Å²) in [6, 6.07) is 5.88. The average molecular weight is 414 g/mol. The Morgan fingerprint density at radius 2 is 2.14 bits per heavy atom. The van der Waals surface area contributed by atoms with Crippen molar-refractivity contribution in [3.63, 3.8) is 0 Å². The van der Waals surface area contributed by atoms with Gasteiger partial charge in [-0.2, -0.15) is 10.1 Å². The molecule has 0 saturated carbocycles. The summed E-state index contributed by atoms with van der Waals surface area (Å²) in [6.07, 6.45) is 5.44. The number of thiophene rings is 1. The molecule has 1 amide bonds. The van der Waals surface area contributed by atoms with Crippen molar-refractivity contribution in [2.75, 3.05) is 0 Å². The topological polar surface area (TPSA) is 97.3 Å². The number of hydrogen-bond donors (Lipinski definition) is 1. The summed E-state index contributed by atoms with van der Waals surface area (Å²) in [7, 11) is 1.85. The van der Waals surface area contributed by atoms with Gasteiger partial charge in [-0.1, -0.05) is 11.2 Å². The summed E-state index contributed by atoms with van der Waals surface area (Å²) in [6.45, 7) is 0. The van der Waals surface area contributed by atoms with E-state index < -0.39 is 5.60 Å². The van der Waals surface area contributed by atoms with Gasteiger partial charge in [0.1, 0.15) is 5.60 Å². The van der Waals surface area contributed by atoms with Crippen LogP contribution >= 0.6 is 11.3 Å². The quantitative estimate of drug-likeness (QED) is 0.690. The Balaban J connectivity index is 1.24. The predicted octanol–water partition coefficient (Wildman–Crippen LogP) is 2.51. The minimum absolute atomic E-state index is 0.0607. The van der Waals surface area contributed by atoms with Crippen LogP contribution in [0.25, 0.3) is 10.7 Å². The Morgan fingerprint density at radius 3 is 2.79 bits per heavy atom. The summed E-state index contributed by atoms with van der Waals surface area (Å²) < 4.78 is 7.05.